The van der Waals surface area contributed by atoms with Gasteiger partial charge in [-0.1, -0.05) is 23.7 Å². The molecule has 1 unspecified atom stereocenters. The monoisotopic (exact) mass is 413 g/mol. The normalized spacial score (nSPS) is 18.3. The first-order valence-corrected chi connectivity index (χ1v) is 10.0. The van der Waals surface area contributed by atoms with Crippen LogP contribution >= 0.6 is 22.9 Å². The van der Waals surface area contributed by atoms with Crippen LogP contribution in [0.1, 0.15) is 44.7 Å². The van der Waals surface area contributed by atoms with Crippen LogP contribution in [0.2, 0.25) is 5.02 Å². The SMILES string of the molecule is Cc1ncc(C(CNC(=O)c2c(C)cccc2Cl)N2CCC(F)(F)CC2)s1. The van der Waals surface area contributed by atoms with Gasteiger partial charge < -0.3 is 5.32 Å². The van der Waals surface area contributed by atoms with E-state index in [1.165, 1.54) is 11.3 Å². The van der Waals surface area contributed by atoms with Crippen LogP contribution in [-0.2, 0) is 0 Å². The van der Waals surface area contributed by atoms with Crippen LogP contribution in [0.5, 0.6) is 0 Å². The second-order valence-electron chi connectivity index (χ2n) is 6.83. The molecule has 8 heteroatoms. The first kappa shape index (κ1) is 20.2. The molecule has 3 rings (SSSR count). The molecular weight excluding hydrogens is 392 g/mol. The summed E-state index contributed by atoms with van der Waals surface area (Å²) in [4.78, 5) is 19.9. The molecule has 2 aromatic rings. The quantitative estimate of drug-likeness (QED) is 0.778. The number of carbonyl (C=O) groups is 1. The number of piperidine rings is 1. The van der Waals surface area contributed by atoms with Crippen LogP contribution in [0.4, 0.5) is 8.78 Å². The van der Waals surface area contributed by atoms with E-state index >= 15 is 0 Å². The number of nitrogens with one attached hydrogen (secondary N) is 1. The van der Waals surface area contributed by atoms with Gasteiger partial charge in [-0.2, -0.15) is 0 Å². The molecule has 1 aliphatic heterocycles. The molecule has 1 aliphatic rings. The van der Waals surface area contributed by atoms with E-state index in [0.717, 1.165) is 15.4 Å². The van der Waals surface area contributed by atoms with Crippen LogP contribution in [-0.4, -0.2) is 41.3 Å². The Hall–Kier alpha value is -1.57. The van der Waals surface area contributed by atoms with Crippen molar-refractivity contribution >= 4 is 28.8 Å². The van der Waals surface area contributed by atoms with Gasteiger partial charge in [-0.3, -0.25) is 9.69 Å². The highest BCUT2D eigenvalue weighted by Gasteiger charge is 2.37. The van der Waals surface area contributed by atoms with Gasteiger partial charge in [0.15, 0.2) is 0 Å². The van der Waals surface area contributed by atoms with E-state index in [2.05, 4.69) is 10.3 Å². The van der Waals surface area contributed by atoms with Crippen molar-refractivity contribution in [3.05, 3.63) is 50.4 Å². The van der Waals surface area contributed by atoms with Gasteiger partial charge in [0.05, 0.1) is 21.6 Å². The standard InChI is InChI=1S/C19H22ClF2N3OS/c1-12-4-3-5-14(20)17(12)18(26)24-10-15(16-11-23-13(2)27-16)25-8-6-19(21,22)7-9-25/h3-5,11,15H,6-10H2,1-2H3,(H,24,26). The van der Waals surface area contributed by atoms with Crippen molar-refractivity contribution in [3.8, 4) is 0 Å². The van der Waals surface area contributed by atoms with Gasteiger partial charge in [0.25, 0.3) is 11.8 Å². The molecule has 4 nitrogen and oxygen atoms in total. The lowest BCUT2D eigenvalue weighted by molar-refractivity contribution is -0.0629. The van der Waals surface area contributed by atoms with Crippen LogP contribution < -0.4 is 5.32 Å². The minimum absolute atomic E-state index is 0.168. The fraction of sp³-hybridized carbons (Fsp3) is 0.474. The van der Waals surface area contributed by atoms with E-state index in [4.69, 9.17) is 11.6 Å². The van der Waals surface area contributed by atoms with Gasteiger partial charge >= 0.3 is 0 Å². The van der Waals surface area contributed by atoms with Crippen LogP contribution in [0.15, 0.2) is 24.4 Å². The second kappa shape index (κ2) is 8.20. The Morgan fingerprint density at radius 1 is 1.37 bits per heavy atom. The molecular formula is C19H22ClF2N3OS. The van der Waals surface area contributed by atoms with Crippen molar-refractivity contribution < 1.29 is 13.6 Å². The van der Waals surface area contributed by atoms with Crippen molar-refractivity contribution in [2.24, 2.45) is 0 Å². The minimum Gasteiger partial charge on any atom is -0.350 e. The molecule has 27 heavy (non-hydrogen) atoms. The third kappa shape index (κ3) is 4.83. The summed E-state index contributed by atoms with van der Waals surface area (Å²) in [6.07, 6.45) is 1.43. The summed E-state index contributed by atoms with van der Waals surface area (Å²) in [5.74, 6) is -2.87. The number of carbonyl (C=O) groups excluding carboxylic acids is 1. The van der Waals surface area contributed by atoms with Gasteiger partial charge in [-0.05, 0) is 25.5 Å². The van der Waals surface area contributed by atoms with E-state index in [9.17, 15) is 13.6 Å². The zero-order valence-corrected chi connectivity index (χ0v) is 16.8. The highest BCUT2D eigenvalue weighted by Crippen LogP contribution is 2.34. The lowest BCUT2D eigenvalue weighted by Gasteiger charge is -2.37. The van der Waals surface area contributed by atoms with E-state index < -0.39 is 5.92 Å². The third-order valence-corrected chi connectivity index (χ3v) is 6.17. The Labute approximate surface area is 166 Å². The molecule has 0 aliphatic carbocycles. The fourth-order valence-electron chi connectivity index (χ4n) is 3.30. The number of hydrogen-bond acceptors (Lipinski definition) is 4. The van der Waals surface area contributed by atoms with Crippen molar-refractivity contribution in [2.45, 2.75) is 38.7 Å². The molecule has 1 amide bonds. The van der Waals surface area contributed by atoms with Crippen molar-refractivity contribution in [1.29, 1.82) is 0 Å². The molecule has 0 radical (unpaired) electrons. The number of rotatable bonds is 5. The lowest BCUT2D eigenvalue weighted by atomic mass is 10.0. The van der Waals surface area contributed by atoms with Gasteiger partial charge in [0.1, 0.15) is 0 Å². The third-order valence-electron chi connectivity index (χ3n) is 4.84. The van der Waals surface area contributed by atoms with Crippen molar-refractivity contribution in [3.63, 3.8) is 0 Å². The van der Waals surface area contributed by atoms with E-state index in [1.54, 1.807) is 18.3 Å². The number of aryl methyl sites for hydroxylation is 2. The molecule has 0 spiro atoms. The second-order valence-corrected chi connectivity index (χ2v) is 8.50. The highest BCUT2D eigenvalue weighted by atomic mass is 35.5. The highest BCUT2D eigenvalue weighted by molar-refractivity contribution is 7.11. The average Bonchev–Trinajstić information content (AvgIpc) is 3.02. The van der Waals surface area contributed by atoms with Crippen LogP contribution in [0.3, 0.4) is 0 Å². The van der Waals surface area contributed by atoms with Crippen molar-refractivity contribution in [2.75, 3.05) is 19.6 Å². The number of halogens is 3. The number of likely N-dealkylation sites (tertiary alicyclic amines) is 1. The summed E-state index contributed by atoms with van der Waals surface area (Å²) in [5, 5.41) is 4.24. The maximum atomic E-state index is 13.6. The summed E-state index contributed by atoms with van der Waals surface area (Å²) in [6, 6.07) is 5.13. The van der Waals surface area contributed by atoms with E-state index in [-0.39, 0.29) is 37.9 Å². The smallest absolute Gasteiger partial charge is 0.253 e. The van der Waals surface area contributed by atoms with Gasteiger partial charge in [-0.25, -0.2) is 13.8 Å². The summed E-state index contributed by atoms with van der Waals surface area (Å²) in [6.45, 7) is 4.63. The maximum absolute atomic E-state index is 13.6. The fourth-order valence-corrected chi connectivity index (χ4v) is 4.53. The van der Waals surface area contributed by atoms with E-state index in [0.29, 0.717) is 17.1 Å². The molecule has 1 saturated heterocycles. The molecule has 1 aromatic heterocycles. The molecule has 1 fully saturated rings. The molecule has 2 heterocycles. The van der Waals surface area contributed by atoms with Gasteiger partial charge in [0, 0.05) is 43.5 Å². The van der Waals surface area contributed by atoms with Crippen molar-refractivity contribution in [1.82, 2.24) is 15.2 Å². The average molecular weight is 414 g/mol. The Morgan fingerprint density at radius 3 is 2.67 bits per heavy atom. The molecule has 146 valence electrons. The van der Waals surface area contributed by atoms with Crippen LogP contribution in [0.25, 0.3) is 0 Å². The summed E-state index contributed by atoms with van der Waals surface area (Å²) in [7, 11) is 0. The number of aromatic nitrogens is 1. The predicted molar refractivity (Wildman–Crippen MR) is 104 cm³/mol. The first-order chi connectivity index (χ1) is 12.8. The molecule has 1 aromatic carbocycles. The first-order valence-electron chi connectivity index (χ1n) is 8.84. The summed E-state index contributed by atoms with van der Waals surface area (Å²) >= 11 is 7.70. The zero-order chi connectivity index (χ0) is 19.6. The lowest BCUT2D eigenvalue weighted by Crippen LogP contribution is -2.44. The number of benzene rings is 1. The number of alkyl halides is 2. The molecule has 0 saturated carbocycles. The largest absolute Gasteiger partial charge is 0.350 e. The minimum atomic E-state index is -2.61. The molecule has 1 N–H and O–H groups in total. The summed E-state index contributed by atoms with van der Waals surface area (Å²) in [5.41, 5.74) is 1.24. The maximum Gasteiger partial charge on any atom is 0.253 e. The predicted octanol–water partition coefficient (Wildman–Crippen LogP) is 4.62. The number of nitrogens with zero attached hydrogens (tertiary/aromatic N) is 2. The van der Waals surface area contributed by atoms with Gasteiger partial charge in [0.2, 0.25) is 0 Å². The molecule has 0 bridgehead atoms. The Morgan fingerprint density at radius 2 is 2.07 bits per heavy atom. The number of hydrogen-bond donors (Lipinski definition) is 1. The number of amides is 1. The zero-order valence-electron chi connectivity index (χ0n) is 15.3. The van der Waals surface area contributed by atoms with Gasteiger partial charge in [-0.15, -0.1) is 11.3 Å². The van der Waals surface area contributed by atoms with E-state index in [1.807, 2.05) is 24.8 Å². The molecule has 1 atom stereocenters. The number of thiazole rings is 1. The topological polar surface area (TPSA) is 45.2 Å². The van der Waals surface area contributed by atoms with Crippen LogP contribution in [0, 0.1) is 13.8 Å². The summed E-state index contributed by atoms with van der Waals surface area (Å²) < 4.78 is 27.1. The Balaban J connectivity index is 1.75. The Bertz CT molecular complexity index is 797. The Kier molecular flexibility index (Phi) is 6.13.